The third-order valence-electron chi connectivity index (χ3n) is 1.96. The van der Waals surface area contributed by atoms with Gasteiger partial charge in [0.05, 0.1) is 6.26 Å². The maximum atomic E-state index is 10.8. The van der Waals surface area contributed by atoms with Crippen LogP contribution in [0.5, 0.6) is 0 Å². The van der Waals surface area contributed by atoms with Gasteiger partial charge in [0.1, 0.15) is 0 Å². The lowest BCUT2D eigenvalue weighted by molar-refractivity contribution is 0.585. The predicted molar refractivity (Wildman–Crippen MR) is 62.0 cm³/mol. The van der Waals surface area contributed by atoms with Gasteiger partial charge in [0.15, 0.2) is 0 Å². The Labute approximate surface area is 90.5 Å². The normalized spacial score (nSPS) is 11.5. The quantitative estimate of drug-likeness (QED) is 0.577. The van der Waals surface area contributed by atoms with Crippen molar-refractivity contribution in [2.24, 2.45) is 0 Å². The molecule has 0 bridgehead atoms. The molecule has 0 saturated carbocycles. The van der Waals surface area contributed by atoms with Gasteiger partial charge in [-0.15, -0.1) is 0 Å². The van der Waals surface area contributed by atoms with Crippen molar-refractivity contribution in [2.75, 3.05) is 18.5 Å². The van der Waals surface area contributed by atoms with Crippen LogP contribution < -0.4 is 10.5 Å². The molecule has 0 aliphatic rings. The van der Waals surface area contributed by atoms with Gasteiger partial charge in [-0.2, -0.15) is 0 Å². The Morgan fingerprint density at radius 3 is 2.73 bits per heavy atom. The fourth-order valence-electron chi connectivity index (χ4n) is 1.30. The summed E-state index contributed by atoms with van der Waals surface area (Å²) in [5.74, 6) is 0. The van der Waals surface area contributed by atoms with E-state index < -0.39 is 10.0 Å². The van der Waals surface area contributed by atoms with Gasteiger partial charge < -0.3 is 5.73 Å². The molecule has 0 radical (unpaired) electrons. The average Bonchev–Trinajstić information content (AvgIpc) is 2.11. The van der Waals surface area contributed by atoms with Gasteiger partial charge in [-0.3, -0.25) is 0 Å². The SMILES string of the molecule is CS(=O)(=O)NCCCc1cccc(N)c1. The van der Waals surface area contributed by atoms with E-state index in [1.54, 1.807) is 0 Å². The van der Waals surface area contributed by atoms with Crippen molar-refractivity contribution < 1.29 is 8.42 Å². The summed E-state index contributed by atoms with van der Waals surface area (Å²) < 4.78 is 24.0. The lowest BCUT2D eigenvalue weighted by Crippen LogP contribution is -2.23. The van der Waals surface area contributed by atoms with E-state index in [1.165, 1.54) is 0 Å². The Kier molecular flexibility index (Phi) is 4.11. The maximum Gasteiger partial charge on any atom is 0.208 e. The number of sulfonamides is 1. The molecular formula is C10H16N2O2S. The second-order valence-corrected chi connectivity index (χ2v) is 5.35. The van der Waals surface area contributed by atoms with Gasteiger partial charge >= 0.3 is 0 Å². The maximum absolute atomic E-state index is 10.8. The molecule has 3 N–H and O–H groups in total. The number of benzene rings is 1. The minimum Gasteiger partial charge on any atom is -0.399 e. The highest BCUT2D eigenvalue weighted by Gasteiger charge is 1.99. The third-order valence-corrected chi connectivity index (χ3v) is 2.69. The second-order valence-electron chi connectivity index (χ2n) is 3.52. The fraction of sp³-hybridized carbons (Fsp3) is 0.400. The van der Waals surface area contributed by atoms with Crippen LogP contribution in [0.1, 0.15) is 12.0 Å². The number of nitrogens with two attached hydrogens (primary N) is 1. The summed E-state index contributed by atoms with van der Waals surface area (Å²) in [7, 11) is -3.06. The van der Waals surface area contributed by atoms with Crippen LogP contribution in [0.25, 0.3) is 0 Å². The summed E-state index contributed by atoms with van der Waals surface area (Å²) in [6.45, 7) is 0.466. The first-order valence-corrected chi connectivity index (χ1v) is 6.65. The van der Waals surface area contributed by atoms with E-state index in [9.17, 15) is 8.42 Å². The van der Waals surface area contributed by atoms with Crippen LogP contribution in [-0.4, -0.2) is 21.2 Å². The molecule has 0 fully saturated rings. The molecule has 1 rings (SSSR count). The van der Waals surface area contributed by atoms with Crippen molar-refractivity contribution in [3.63, 3.8) is 0 Å². The van der Waals surface area contributed by atoms with Crippen LogP contribution >= 0.6 is 0 Å². The van der Waals surface area contributed by atoms with Crippen LogP contribution in [0.2, 0.25) is 0 Å². The highest BCUT2D eigenvalue weighted by molar-refractivity contribution is 7.88. The lowest BCUT2D eigenvalue weighted by Gasteiger charge is -2.03. The fourth-order valence-corrected chi connectivity index (χ4v) is 1.81. The molecule has 4 nitrogen and oxygen atoms in total. The van der Waals surface area contributed by atoms with Crippen molar-refractivity contribution in [1.29, 1.82) is 0 Å². The second kappa shape index (κ2) is 5.14. The van der Waals surface area contributed by atoms with Gasteiger partial charge in [0.2, 0.25) is 10.0 Å². The minimum atomic E-state index is -3.06. The Bertz CT molecular complexity index is 415. The standard InChI is InChI=1S/C10H16N2O2S/c1-15(13,14)12-7-3-5-9-4-2-6-10(11)8-9/h2,4,6,8,12H,3,5,7,11H2,1H3. The summed E-state index contributed by atoms with van der Waals surface area (Å²) in [5.41, 5.74) is 7.49. The van der Waals surface area contributed by atoms with Crippen molar-refractivity contribution in [3.05, 3.63) is 29.8 Å². The Morgan fingerprint density at radius 1 is 1.40 bits per heavy atom. The molecule has 0 amide bonds. The van der Waals surface area contributed by atoms with Gasteiger partial charge in [0.25, 0.3) is 0 Å². The van der Waals surface area contributed by atoms with Crippen LogP contribution in [0.4, 0.5) is 5.69 Å². The summed E-state index contributed by atoms with van der Waals surface area (Å²) in [4.78, 5) is 0. The number of hydrogen-bond donors (Lipinski definition) is 2. The molecule has 0 saturated heterocycles. The monoisotopic (exact) mass is 228 g/mol. The Balaban J connectivity index is 2.32. The molecule has 0 spiro atoms. The molecular weight excluding hydrogens is 212 g/mol. The number of hydrogen-bond acceptors (Lipinski definition) is 3. The van der Waals surface area contributed by atoms with E-state index in [4.69, 9.17) is 5.73 Å². The van der Waals surface area contributed by atoms with Gasteiger partial charge in [-0.25, -0.2) is 13.1 Å². The average molecular weight is 228 g/mol. The molecule has 15 heavy (non-hydrogen) atoms. The van der Waals surface area contributed by atoms with Crippen molar-refractivity contribution in [2.45, 2.75) is 12.8 Å². The summed E-state index contributed by atoms with van der Waals surface area (Å²) in [6.07, 6.45) is 2.76. The van der Waals surface area contributed by atoms with E-state index in [-0.39, 0.29) is 0 Å². The topological polar surface area (TPSA) is 72.2 Å². The molecule has 0 aliphatic heterocycles. The Morgan fingerprint density at radius 2 is 2.13 bits per heavy atom. The molecule has 1 aromatic rings. The van der Waals surface area contributed by atoms with E-state index in [2.05, 4.69) is 4.72 Å². The summed E-state index contributed by atoms with van der Waals surface area (Å²) >= 11 is 0. The molecule has 5 heteroatoms. The van der Waals surface area contributed by atoms with E-state index in [0.717, 1.165) is 30.3 Å². The first-order chi connectivity index (χ1) is 6.97. The van der Waals surface area contributed by atoms with E-state index >= 15 is 0 Å². The number of aryl methyl sites for hydroxylation is 1. The smallest absolute Gasteiger partial charge is 0.208 e. The number of nitrogen functional groups attached to an aromatic ring is 1. The zero-order valence-corrected chi connectivity index (χ0v) is 9.55. The van der Waals surface area contributed by atoms with Crippen LogP contribution in [0.3, 0.4) is 0 Å². The van der Waals surface area contributed by atoms with Crippen molar-refractivity contribution in [1.82, 2.24) is 4.72 Å². The molecule has 0 heterocycles. The minimum absolute atomic E-state index is 0.466. The van der Waals surface area contributed by atoms with Gasteiger partial charge in [-0.1, -0.05) is 12.1 Å². The molecule has 0 unspecified atom stereocenters. The zero-order chi connectivity index (χ0) is 11.3. The largest absolute Gasteiger partial charge is 0.399 e. The van der Waals surface area contributed by atoms with Crippen molar-refractivity contribution in [3.8, 4) is 0 Å². The lowest BCUT2D eigenvalue weighted by atomic mass is 10.1. The highest BCUT2D eigenvalue weighted by Crippen LogP contribution is 2.08. The van der Waals surface area contributed by atoms with Gasteiger partial charge in [-0.05, 0) is 30.5 Å². The van der Waals surface area contributed by atoms with E-state index in [0.29, 0.717) is 6.54 Å². The molecule has 0 aromatic heterocycles. The number of anilines is 1. The molecule has 0 atom stereocenters. The first kappa shape index (κ1) is 12.0. The van der Waals surface area contributed by atoms with Crippen LogP contribution in [0.15, 0.2) is 24.3 Å². The van der Waals surface area contributed by atoms with Crippen molar-refractivity contribution >= 4 is 15.7 Å². The van der Waals surface area contributed by atoms with E-state index in [1.807, 2.05) is 24.3 Å². The number of nitrogens with one attached hydrogen (secondary N) is 1. The first-order valence-electron chi connectivity index (χ1n) is 4.76. The molecule has 0 aliphatic carbocycles. The number of rotatable bonds is 5. The zero-order valence-electron chi connectivity index (χ0n) is 8.73. The Hall–Kier alpha value is -1.07. The van der Waals surface area contributed by atoms with Gasteiger partial charge in [0, 0.05) is 12.2 Å². The highest BCUT2D eigenvalue weighted by atomic mass is 32.2. The molecule has 1 aromatic carbocycles. The predicted octanol–water partition coefficient (Wildman–Crippen LogP) is 0.751. The summed E-state index contributed by atoms with van der Waals surface area (Å²) in [6, 6.07) is 7.62. The van der Waals surface area contributed by atoms with Crippen LogP contribution in [-0.2, 0) is 16.4 Å². The molecule has 84 valence electrons. The third kappa shape index (κ3) is 5.39. The van der Waals surface area contributed by atoms with Crippen LogP contribution in [0, 0.1) is 0 Å². The summed E-state index contributed by atoms with van der Waals surface area (Å²) in [5, 5.41) is 0.